The molecule has 1 aliphatic carbocycles. The third-order valence-electron chi connectivity index (χ3n) is 4.87. The largest absolute Gasteiger partial charge is 0.393 e. The lowest BCUT2D eigenvalue weighted by molar-refractivity contribution is 0.104. The van der Waals surface area contributed by atoms with E-state index in [2.05, 4.69) is 20.3 Å². The number of aliphatic hydroxyl groups excluding tert-OH is 1. The second kappa shape index (κ2) is 7.05. The number of nitrogens with zero attached hydrogens (tertiary/aromatic N) is 2. The number of ketones is 1. The van der Waals surface area contributed by atoms with E-state index in [0.29, 0.717) is 33.0 Å². The van der Waals surface area contributed by atoms with Crippen molar-refractivity contribution >= 4 is 34.2 Å². The summed E-state index contributed by atoms with van der Waals surface area (Å²) in [6.45, 7) is 0. The molecule has 1 fully saturated rings. The highest BCUT2D eigenvalue weighted by atomic mass is 35.5. The molecule has 0 radical (unpaired) electrons. The number of aliphatic hydroxyl groups is 1. The van der Waals surface area contributed by atoms with E-state index in [1.807, 2.05) is 0 Å². The molecule has 1 saturated carbocycles. The van der Waals surface area contributed by atoms with Gasteiger partial charge in [-0.2, -0.15) is 0 Å². The van der Waals surface area contributed by atoms with E-state index in [9.17, 15) is 9.90 Å². The van der Waals surface area contributed by atoms with Gasteiger partial charge in [-0.1, -0.05) is 23.7 Å². The minimum absolute atomic E-state index is 0.168. The molecule has 26 heavy (non-hydrogen) atoms. The van der Waals surface area contributed by atoms with Gasteiger partial charge < -0.3 is 15.4 Å². The Morgan fingerprint density at radius 3 is 2.69 bits per heavy atom. The maximum atomic E-state index is 13.0. The van der Waals surface area contributed by atoms with Crippen LogP contribution in [0.25, 0.3) is 11.0 Å². The third kappa shape index (κ3) is 3.18. The third-order valence-corrected chi connectivity index (χ3v) is 5.20. The standard InChI is InChI=1S/C19H19ClN4O2/c20-15-4-2-1-3-13(15)17(26)14-9-21-18-16(14)19(23-10-22-18)24-11-5-7-12(25)8-6-11/h1-4,9-12,25H,5-8H2,(H2,21,22,23,24)/t11-,12-. The molecule has 3 N–H and O–H groups in total. The summed E-state index contributed by atoms with van der Waals surface area (Å²) in [5.74, 6) is 0.465. The van der Waals surface area contributed by atoms with Crippen LogP contribution in [0.2, 0.25) is 5.02 Å². The van der Waals surface area contributed by atoms with Gasteiger partial charge in [0.05, 0.1) is 22.1 Å². The highest BCUT2D eigenvalue weighted by Crippen LogP contribution is 2.30. The van der Waals surface area contributed by atoms with E-state index < -0.39 is 0 Å². The first-order valence-electron chi connectivity index (χ1n) is 8.69. The quantitative estimate of drug-likeness (QED) is 0.611. The van der Waals surface area contributed by atoms with E-state index in [1.165, 1.54) is 6.33 Å². The molecule has 0 amide bonds. The van der Waals surface area contributed by atoms with Gasteiger partial charge >= 0.3 is 0 Å². The van der Waals surface area contributed by atoms with Gasteiger partial charge in [-0.15, -0.1) is 0 Å². The zero-order valence-corrected chi connectivity index (χ0v) is 14.8. The molecule has 0 aliphatic heterocycles. The van der Waals surface area contributed by atoms with Crippen LogP contribution in [-0.2, 0) is 0 Å². The Bertz CT molecular complexity index is 948. The fraction of sp³-hybridized carbons (Fsp3) is 0.316. The lowest BCUT2D eigenvalue weighted by Gasteiger charge is -2.26. The molecule has 2 heterocycles. The van der Waals surface area contributed by atoms with E-state index in [4.69, 9.17) is 11.6 Å². The van der Waals surface area contributed by atoms with Crippen LogP contribution in [0.5, 0.6) is 0 Å². The normalized spacial score (nSPS) is 20.2. The number of fused-ring (bicyclic) bond motifs is 1. The van der Waals surface area contributed by atoms with Crippen LogP contribution in [0, 0.1) is 0 Å². The van der Waals surface area contributed by atoms with Gasteiger partial charge in [-0.25, -0.2) is 9.97 Å². The molecular weight excluding hydrogens is 352 g/mol. The minimum Gasteiger partial charge on any atom is -0.393 e. The number of hydrogen-bond donors (Lipinski definition) is 3. The van der Waals surface area contributed by atoms with Crippen LogP contribution in [0.15, 0.2) is 36.8 Å². The molecule has 134 valence electrons. The first kappa shape index (κ1) is 17.0. The Balaban J connectivity index is 1.71. The van der Waals surface area contributed by atoms with Crippen molar-refractivity contribution in [3.8, 4) is 0 Å². The van der Waals surface area contributed by atoms with Gasteiger partial charge in [-0.3, -0.25) is 4.79 Å². The number of rotatable bonds is 4. The predicted molar refractivity (Wildman–Crippen MR) is 101 cm³/mol. The molecule has 0 saturated heterocycles. The average Bonchev–Trinajstić information content (AvgIpc) is 3.09. The Morgan fingerprint density at radius 2 is 1.92 bits per heavy atom. The number of nitrogens with one attached hydrogen (secondary N) is 2. The molecule has 1 aromatic carbocycles. The number of aromatic nitrogens is 3. The molecule has 3 aromatic rings. The SMILES string of the molecule is O=C(c1ccccc1Cl)c1c[nH]c2ncnc(N[C@H]3CC[C@H](O)CC3)c12. The summed E-state index contributed by atoms with van der Waals surface area (Å²) in [5, 5.41) is 14.2. The second-order valence-corrected chi connectivity index (χ2v) is 7.01. The Hall–Kier alpha value is -2.44. The molecule has 0 atom stereocenters. The van der Waals surface area contributed by atoms with Crippen molar-refractivity contribution in [2.24, 2.45) is 0 Å². The average molecular weight is 371 g/mol. The number of H-pyrrole nitrogens is 1. The zero-order valence-electron chi connectivity index (χ0n) is 14.1. The van der Waals surface area contributed by atoms with E-state index in [-0.39, 0.29) is 17.9 Å². The summed E-state index contributed by atoms with van der Waals surface area (Å²) in [6, 6.07) is 7.21. The van der Waals surface area contributed by atoms with Crippen LogP contribution >= 0.6 is 11.6 Å². The van der Waals surface area contributed by atoms with Crippen molar-refractivity contribution in [3.05, 3.63) is 52.9 Å². The summed E-state index contributed by atoms with van der Waals surface area (Å²) in [5.41, 5.74) is 1.55. The van der Waals surface area contributed by atoms with Crippen LogP contribution in [0.1, 0.15) is 41.6 Å². The lowest BCUT2D eigenvalue weighted by atomic mass is 9.93. The van der Waals surface area contributed by atoms with E-state index in [0.717, 1.165) is 25.7 Å². The number of hydrogen-bond acceptors (Lipinski definition) is 5. The molecule has 7 heteroatoms. The number of carbonyl (C=O) groups is 1. The van der Waals surface area contributed by atoms with Gasteiger partial charge in [0, 0.05) is 17.8 Å². The number of benzene rings is 1. The van der Waals surface area contributed by atoms with Crippen LogP contribution in [-0.4, -0.2) is 38.0 Å². The van der Waals surface area contributed by atoms with Crippen molar-refractivity contribution in [3.63, 3.8) is 0 Å². The number of aromatic amines is 1. The minimum atomic E-state index is -0.219. The fourth-order valence-electron chi connectivity index (χ4n) is 3.46. The smallest absolute Gasteiger partial charge is 0.196 e. The highest BCUT2D eigenvalue weighted by Gasteiger charge is 2.23. The van der Waals surface area contributed by atoms with Crippen LogP contribution < -0.4 is 5.32 Å². The van der Waals surface area contributed by atoms with Crippen molar-refractivity contribution < 1.29 is 9.90 Å². The molecule has 4 rings (SSSR count). The molecule has 0 spiro atoms. The van der Waals surface area contributed by atoms with Crippen molar-refractivity contribution in [1.29, 1.82) is 0 Å². The van der Waals surface area contributed by atoms with E-state index in [1.54, 1.807) is 30.5 Å². The molecule has 6 nitrogen and oxygen atoms in total. The summed E-state index contributed by atoms with van der Waals surface area (Å²) < 4.78 is 0. The van der Waals surface area contributed by atoms with Crippen LogP contribution in [0.3, 0.4) is 0 Å². The zero-order chi connectivity index (χ0) is 18.1. The molecule has 1 aliphatic rings. The highest BCUT2D eigenvalue weighted by molar-refractivity contribution is 6.35. The first-order chi connectivity index (χ1) is 12.6. The van der Waals surface area contributed by atoms with E-state index >= 15 is 0 Å². The number of anilines is 1. The van der Waals surface area contributed by atoms with Gasteiger partial charge in [0.2, 0.25) is 0 Å². The lowest BCUT2D eigenvalue weighted by Crippen LogP contribution is -2.28. The number of carbonyl (C=O) groups excluding carboxylic acids is 1. The molecule has 0 unspecified atom stereocenters. The first-order valence-corrected chi connectivity index (χ1v) is 9.07. The van der Waals surface area contributed by atoms with Crippen molar-refractivity contribution in [1.82, 2.24) is 15.0 Å². The van der Waals surface area contributed by atoms with Gasteiger partial charge in [0.15, 0.2) is 5.78 Å². The van der Waals surface area contributed by atoms with Gasteiger partial charge in [-0.05, 0) is 37.8 Å². The summed E-state index contributed by atoms with van der Waals surface area (Å²) >= 11 is 6.19. The Morgan fingerprint density at radius 1 is 1.15 bits per heavy atom. The fourth-order valence-corrected chi connectivity index (χ4v) is 3.68. The maximum Gasteiger partial charge on any atom is 0.196 e. The molecule has 0 bridgehead atoms. The second-order valence-electron chi connectivity index (χ2n) is 6.61. The van der Waals surface area contributed by atoms with Crippen LogP contribution in [0.4, 0.5) is 5.82 Å². The summed E-state index contributed by atoms with van der Waals surface area (Å²) in [7, 11) is 0. The van der Waals surface area contributed by atoms with Crippen molar-refractivity contribution in [2.45, 2.75) is 37.8 Å². The summed E-state index contributed by atoms with van der Waals surface area (Å²) in [6.07, 6.45) is 6.18. The van der Waals surface area contributed by atoms with Gasteiger partial charge in [0.25, 0.3) is 0 Å². The molecular formula is C19H19ClN4O2. The number of halogens is 1. The Kier molecular flexibility index (Phi) is 4.61. The summed E-state index contributed by atoms with van der Waals surface area (Å²) in [4.78, 5) is 24.7. The van der Waals surface area contributed by atoms with Crippen molar-refractivity contribution in [2.75, 3.05) is 5.32 Å². The van der Waals surface area contributed by atoms with Gasteiger partial charge in [0.1, 0.15) is 17.8 Å². The monoisotopic (exact) mass is 370 g/mol. The maximum absolute atomic E-state index is 13.0. The predicted octanol–water partition coefficient (Wildman–Crippen LogP) is 3.56. The molecule has 2 aromatic heterocycles. The Labute approximate surface area is 155 Å². The topological polar surface area (TPSA) is 90.9 Å².